The van der Waals surface area contributed by atoms with Gasteiger partial charge in [0, 0.05) is 5.02 Å². The Morgan fingerprint density at radius 2 is 2.15 bits per heavy atom. The van der Waals surface area contributed by atoms with Gasteiger partial charge in [-0.25, -0.2) is 15.0 Å². The van der Waals surface area contributed by atoms with Gasteiger partial charge in [-0.1, -0.05) is 17.7 Å². The normalized spacial score (nSPS) is 10.8. The molecule has 0 fully saturated rings. The van der Waals surface area contributed by atoms with E-state index in [1.807, 2.05) is 16.7 Å². The highest BCUT2D eigenvalue weighted by Crippen LogP contribution is 2.18. The Labute approximate surface area is 120 Å². The van der Waals surface area contributed by atoms with Crippen LogP contribution in [0.25, 0.3) is 11.2 Å². The molecule has 3 aromatic rings. The lowest BCUT2D eigenvalue weighted by Crippen LogP contribution is -2.08. The highest BCUT2D eigenvalue weighted by atomic mass is 35.5. The van der Waals surface area contributed by atoms with Crippen LogP contribution < -0.4 is 10.5 Å². The summed E-state index contributed by atoms with van der Waals surface area (Å²) in [4.78, 5) is 12.3. The molecule has 102 valence electrons. The molecule has 0 radical (unpaired) electrons. The number of benzene rings is 1. The summed E-state index contributed by atoms with van der Waals surface area (Å²) in [6.45, 7) is 1.09. The average Bonchev–Trinajstić information content (AvgIpc) is 2.84. The fraction of sp³-hybridized carbons (Fsp3) is 0.154. The molecule has 0 saturated heterocycles. The number of imidazole rings is 1. The zero-order chi connectivity index (χ0) is 13.9. The van der Waals surface area contributed by atoms with Crippen molar-refractivity contribution < 1.29 is 4.74 Å². The molecule has 0 atom stereocenters. The Morgan fingerprint density at radius 1 is 1.25 bits per heavy atom. The third kappa shape index (κ3) is 2.50. The summed E-state index contributed by atoms with van der Waals surface area (Å²) < 4.78 is 7.50. The minimum absolute atomic E-state index is 0.379. The summed E-state index contributed by atoms with van der Waals surface area (Å²) in [7, 11) is 0. The number of nitrogens with two attached hydrogens (primary N) is 1. The number of fused-ring (bicyclic) bond motifs is 1. The topological polar surface area (TPSA) is 78.9 Å². The Kier molecular flexibility index (Phi) is 3.39. The van der Waals surface area contributed by atoms with Gasteiger partial charge in [-0.15, -0.1) is 0 Å². The molecule has 1 aromatic carbocycles. The van der Waals surface area contributed by atoms with Gasteiger partial charge in [0.25, 0.3) is 0 Å². The second-order valence-electron chi connectivity index (χ2n) is 4.17. The Morgan fingerprint density at radius 3 is 3.00 bits per heavy atom. The summed E-state index contributed by atoms with van der Waals surface area (Å²) in [5.41, 5.74) is 7.04. The average molecular weight is 290 g/mol. The lowest BCUT2D eigenvalue weighted by molar-refractivity contribution is 0.300. The molecule has 0 bridgehead atoms. The number of halogens is 1. The monoisotopic (exact) mass is 289 g/mol. The standard InChI is InChI=1S/C13H12ClN5O/c14-9-2-1-3-10(6-9)20-5-4-19-8-18-11-12(15)16-7-17-13(11)19/h1-3,6-8H,4-5H2,(H2,15,16,17). The van der Waals surface area contributed by atoms with Crippen molar-refractivity contribution in [3.63, 3.8) is 0 Å². The largest absolute Gasteiger partial charge is 0.492 e. The molecule has 0 spiro atoms. The number of nitrogens with zero attached hydrogens (tertiary/aromatic N) is 4. The minimum atomic E-state index is 0.379. The number of anilines is 1. The Hall–Kier alpha value is -2.34. The predicted molar refractivity (Wildman–Crippen MR) is 76.7 cm³/mol. The molecule has 0 amide bonds. The zero-order valence-corrected chi connectivity index (χ0v) is 11.3. The van der Waals surface area contributed by atoms with E-state index in [-0.39, 0.29) is 0 Å². The fourth-order valence-corrected chi connectivity index (χ4v) is 2.06. The van der Waals surface area contributed by atoms with E-state index in [1.165, 1.54) is 6.33 Å². The lowest BCUT2D eigenvalue weighted by atomic mass is 10.3. The highest BCUT2D eigenvalue weighted by molar-refractivity contribution is 6.30. The molecule has 0 aliphatic heterocycles. The third-order valence-corrected chi connectivity index (χ3v) is 3.06. The van der Waals surface area contributed by atoms with Crippen LogP contribution in [-0.4, -0.2) is 26.1 Å². The zero-order valence-electron chi connectivity index (χ0n) is 10.5. The van der Waals surface area contributed by atoms with E-state index < -0.39 is 0 Å². The predicted octanol–water partition coefficient (Wildman–Crippen LogP) is 2.14. The first-order chi connectivity index (χ1) is 9.74. The van der Waals surface area contributed by atoms with Crippen LogP contribution in [0.1, 0.15) is 0 Å². The van der Waals surface area contributed by atoms with Crippen LogP contribution in [0.3, 0.4) is 0 Å². The van der Waals surface area contributed by atoms with Gasteiger partial charge in [0.1, 0.15) is 24.2 Å². The maximum Gasteiger partial charge on any atom is 0.165 e. The summed E-state index contributed by atoms with van der Waals surface area (Å²) in [6.07, 6.45) is 3.10. The second-order valence-corrected chi connectivity index (χ2v) is 4.61. The van der Waals surface area contributed by atoms with Gasteiger partial charge in [-0.2, -0.15) is 0 Å². The van der Waals surface area contributed by atoms with Gasteiger partial charge >= 0.3 is 0 Å². The van der Waals surface area contributed by atoms with Crippen LogP contribution in [0.2, 0.25) is 5.02 Å². The first-order valence-corrected chi connectivity index (χ1v) is 6.41. The van der Waals surface area contributed by atoms with E-state index >= 15 is 0 Å². The molecule has 0 aliphatic rings. The van der Waals surface area contributed by atoms with Gasteiger partial charge < -0.3 is 15.0 Å². The minimum Gasteiger partial charge on any atom is -0.492 e. The van der Waals surface area contributed by atoms with E-state index in [2.05, 4.69) is 15.0 Å². The lowest BCUT2D eigenvalue weighted by Gasteiger charge is -2.07. The number of rotatable bonds is 4. The van der Waals surface area contributed by atoms with Gasteiger partial charge in [0.15, 0.2) is 11.5 Å². The van der Waals surface area contributed by atoms with Crippen LogP contribution in [0.5, 0.6) is 5.75 Å². The van der Waals surface area contributed by atoms with E-state index in [1.54, 1.807) is 18.5 Å². The van der Waals surface area contributed by atoms with E-state index in [9.17, 15) is 0 Å². The molecule has 0 aliphatic carbocycles. The smallest absolute Gasteiger partial charge is 0.165 e. The number of hydrogen-bond donors (Lipinski definition) is 1. The fourth-order valence-electron chi connectivity index (χ4n) is 1.88. The van der Waals surface area contributed by atoms with E-state index in [4.69, 9.17) is 22.1 Å². The molecule has 7 heteroatoms. The molecule has 6 nitrogen and oxygen atoms in total. The molecule has 2 aromatic heterocycles. The van der Waals surface area contributed by atoms with Crippen LogP contribution in [0.15, 0.2) is 36.9 Å². The first-order valence-electron chi connectivity index (χ1n) is 6.04. The second kappa shape index (κ2) is 5.34. The maximum absolute atomic E-state index is 5.89. The highest BCUT2D eigenvalue weighted by Gasteiger charge is 2.07. The molecule has 3 rings (SSSR count). The van der Waals surface area contributed by atoms with Crippen molar-refractivity contribution >= 4 is 28.6 Å². The first kappa shape index (κ1) is 12.7. The molecule has 0 unspecified atom stereocenters. The van der Waals surface area contributed by atoms with Crippen LogP contribution in [0.4, 0.5) is 5.82 Å². The van der Waals surface area contributed by atoms with Crippen molar-refractivity contribution in [3.8, 4) is 5.75 Å². The number of nitrogen functional groups attached to an aromatic ring is 1. The van der Waals surface area contributed by atoms with Gasteiger partial charge in [0.2, 0.25) is 0 Å². The number of hydrogen-bond acceptors (Lipinski definition) is 5. The van der Waals surface area contributed by atoms with Crippen molar-refractivity contribution in [1.82, 2.24) is 19.5 Å². The molecule has 2 heterocycles. The SMILES string of the molecule is Nc1ncnc2c1ncn2CCOc1cccc(Cl)c1. The molecule has 2 N–H and O–H groups in total. The molecular weight excluding hydrogens is 278 g/mol. The van der Waals surface area contributed by atoms with E-state index in [0.717, 1.165) is 5.75 Å². The van der Waals surface area contributed by atoms with Crippen molar-refractivity contribution in [3.05, 3.63) is 41.9 Å². The molecule has 0 saturated carbocycles. The number of ether oxygens (including phenoxy) is 1. The number of aromatic nitrogens is 4. The molecular formula is C13H12ClN5O. The van der Waals surface area contributed by atoms with Crippen molar-refractivity contribution in [2.75, 3.05) is 12.3 Å². The maximum atomic E-state index is 5.89. The summed E-state index contributed by atoms with van der Waals surface area (Å²) in [6, 6.07) is 7.28. The Balaban J connectivity index is 1.70. The Bertz CT molecular complexity index is 742. The van der Waals surface area contributed by atoms with Crippen LogP contribution in [0, 0.1) is 0 Å². The van der Waals surface area contributed by atoms with E-state index in [0.29, 0.717) is 35.2 Å². The van der Waals surface area contributed by atoms with Crippen molar-refractivity contribution in [2.45, 2.75) is 6.54 Å². The van der Waals surface area contributed by atoms with Gasteiger partial charge in [-0.3, -0.25) is 0 Å². The van der Waals surface area contributed by atoms with Gasteiger partial charge in [-0.05, 0) is 18.2 Å². The summed E-state index contributed by atoms with van der Waals surface area (Å²) in [5.74, 6) is 1.11. The molecule has 20 heavy (non-hydrogen) atoms. The van der Waals surface area contributed by atoms with Crippen LogP contribution in [-0.2, 0) is 6.54 Å². The van der Waals surface area contributed by atoms with Crippen molar-refractivity contribution in [1.29, 1.82) is 0 Å². The van der Waals surface area contributed by atoms with Crippen molar-refractivity contribution in [2.24, 2.45) is 0 Å². The quantitative estimate of drug-likeness (QED) is 0.796. The van der Waals surface area contributed by atoms with Crippen LogP contribution >= 0.6 is 11.6 Å². The van der Waals surface area contributed by atoms with Gasteiger partial charge in [0.05, 0.1) is 12.9 Å². The summed E-state index contributed by atoms with van der Waals surface area (Å²) >= 11 is 5.89. The third-order valence-electron chi connectivity index (χ3n) is 2.83. The summed E-state index contributed by atoms with van der Waals surface area (Å²) in [5, 5.41) is 0.649.